The van der Waals surface area contributed by atoms with Crippen molar-refractivity contribution in [3.05, 3.63) is 11.8 Å². The predicted molar refractivity (Wildman–Crippen MR) is 95.3 cm³/mol. The fraction of sp³-hybridized carbons (Fsp3) is 0.647. The van der Waals surface area contributed by atoms with Crippen LogP contribution in [0.4, 0.5) is 9.59 Å². The number of esters is 1. The highest BCUT2D eigenvalue weighted by Gasteiger charge is 2.51. The lowest BCUT2D eigenvalue weighted by Gasteiger charge is -2.44. The van der Waals surface area contributed by atoms with Gasteiger partial charge in [-0.25, -0.2) is 14.4 Å². The Bertz CT molecular complexity index is 859. The van der Waals surface area contributed by atoms with Crippen LogP contribution < -0.4 is 16.0 Å². The lowest BCUT2D eigenvalue weighted by molar-refractivity contribution is -0.143. The number of alkyl carbamates (subject to hydrolysis) is 1. The van der Waals surface area contributed by atoms with E-state index in [1.165, 1.54) is 0 Å². The van der Waals surface area contributed by atoms with Gasteiger partial charge in [-0.05, 0) is 25.7 Å². The summed E-state index contributed by atoms with van der Waals surface area (Å²) in [5.74, 6) is -0.567. The van der Waals surface area contributed by atoms with E-state index in [9.17, 15) is 19.5 Å². The van der Waals surface area contributed by atoms with Crippen LogP contribution in [0.25, 0.3) is 0 Å². The summed E-state index contributed by atoms with van der Waals surface area (Å²) < 4.78 is 15.3. The number of carbonyl (C=O) groups is 3. The average molecular weight is 422 g/mol. The van der Waals surface area contributed by atoms with Crippen LogP contribution in [0, 0.1) is 17.2 Å². The van der Waals surface area contributed by atoms with Crippen LogP contribution in [0.1, 0.15) is 44.0 Å². The second-order valence-corrected chi connectivity index (χ2v) is 7.25. The predicted octanol–water partition coefficient (Wildman–Crippen LogP) is -0.409. The van der Waals surface area contributed by atoms with Gasteiger partial charge in [0, 0.05) is 6.42 Å². The molecule has 3 rings (SSSR count). The molecule has 162 valence electrons. The van der Waals surface area contributed by atoms with E-state index in [2.05, 4.69) is 37.0 Å². The topological polar surface area (TPSA) is 189 Å². The van der Waals surface area contributed by atoms with E-state index in [0.717, 1.165) is 7.11 Å². The number of urea groups is 1. The molecule has 0 aromatic carbocycles. The fourth-order valence-corrected chi connectivity index (χ4v) is 3.59. The highest BCUT2D eigenvalue weighted by atomic mass is 16.6. The first-order valence-corrected chi connectivity index (χ1v) is 9.27. The minimum Gasteiger partial charge on any atom is -0.467 e. The molecule has 4 N–H and O–H groups in total. The Hall–Kier alpha value is -3.40. The van der Waals surface area contributed by atoms with E-state index >= 15 is 0 Å². The molecule has 3 atom stereocenters. The van der Waals surface area contributed by atoms with Crippen molar-refractivity contribution in [1.29, 1.82) is 5.26 Å². The number of aliphatic hydroxyl groups excluding tert-OH is 1. The highest BCUT2D eigenvalue weighted by Crippen LogP contribution is 2.47. The number of rotatable bonds is 7. The molecule has 1 saturated heterocycles. The molecule has 13 nitrogen and oxygen atoms in total. The van der Waals surface area contributed by atoms with E-state index in [-0.39, 0.29) is 24.1 Å². The normalized spacial score (nSPS) is 28.3. The molecule has 1 aliphatic heterocycles. The summed E-state index contributed by atoms with van der Waals surface area (Å²) in [4.78, 5) is 35.5. The first-order valence-electron chi connectivity index (χ1n) is 9.27. The van der Waals surface area contributed by atoms with Crippen molar-refractivity contribution in [1.82, 2.24) is 26.1 Å². The van der Waals surface area contributed by atoms with Crippen LogP contribution in [0.3, 0.4) is 0 Å². The van der Waals surface area contributed by atoms with Gasteiger partial charge in [0.1, 0.15) is 17.7 Å². The molecule has 13 heteroatoms. The monoisotopic (exact) mass is 422 g/mol. The minimum absolute atomic E-state index is 0.00772. The second-order valence-electron chi connectivity index (χ2n) is 7.25. The molecule has 1 saturated carbocycles. The summed E-state index contributed by atoms with van der Waals surface area (Å²) in [7, 11) is 1.14. The number of methoxy groups -OCH3 is 1. The van der Waals surface area contributed by atoms with E-state index < -0.39 is 48.4 Å². The number of cyclic esters (lactones) is 1. The lowest BCUT2D eigenvalue weighted by Crippen LogP contribution is -2.59. The van der Waals surface area contributed by atoms with Crippen LogP contribution in [-0.2, 0) is 19.8 Å². The number of aliphatic hydroxyl groups is 1. The van der Waals surface area contributed by atoms with Crippen LogP contribution in [0.2, 0.25) is 0 Å². The Kier molecular flexibility index (Phi) is 6.06. The van der Waals surface area contributed by atoms with E-state index in [4.69, 9.17) is 14.4 Å². The van der Waals surface area contributed by atoms with Gasteiger partial charge in [-0.3, -0.25) is 0 Å². The Morgan fingerprint density at radius 3 is 2.77 bits per heavy atom. The molecule has 1 aromatic rings. The number of aromatic nitrogens is 2. The van der Waals surface area contributed by atoms with Gasteiger partial charge in [-0.2, -0.15) is 5.26 Å². The summed E-state index contributed by atoms with van der Waals surface area (Å²) in [6, 6.07) is -0.537. The Labute approximate surface area is 171 Å². The molecule has 0 bridgehead atoms. The zero-order valence-corrected chi connectivity index (χ0v) is 16.4. The molecular weight excluding hydrogens is 400 g/mol. The van der Waals surface area contributed by atoms with Gasteiger partial charge in [-0.1, -0.05) is 0 Å². The Morgan fingerprint density at radius 2 is 2.20 bits per heavy atom. The first-order chi connectivity index (χ1) is 14.3. The smallest absolute Gasteiger partial charge is 0.408 e. The minimum atomic E-state index is -1.24. The van der Waals surface area contributed by atoms with Crippen LogP contribution in [0.5, 0.6) is 0 Å². The number of hydrogen-bond acceptors (Lipinski definition) is 10. The average Bonchev–Trinajstić information content (AvgIpc) is 3.29. The zero-order valence-electron chi connectivity index (χ0n) is 16.4. The highest BCUT2D eigenvalue weighted by molar-refractivity contribution is 5.84. The van der Waals surface area contributed by atoms with Gasteiger partial charge < -0.3 is 34.9 Å². The first kappa shape index (κ1) is 21.3. The number of carbonyl (C=O) groups excluding carboxylic acids is 3. The standard InChI is InChI=1S/C17H22N6O7/c1-8-11(20-16(27)29-8)12-22-23-14(30-12)17(5-9(6-17)3-4-18)21-15(26)19-10(7-24)13(25)28-2/h8-11,24H,3,5-7H2,1-2H3,(H,20,27)(H2,19,21,26)/t8-,9?,10+,11+,17?/m1/s1. The number of nitrogens with zero attached hydrogens (tertiary/aromatic N) is 3. The maximum atomic E-state index is 12.5. The second kappa shape index (κ2) is 8.54. The van der Waals surface area contributed by atoms with Crippen molar-refractivity contribution in [3.8, 4) is 6.07 Å². The number of ether oxygens (including phenoxy) is 2. The summed E-state index contributed by atoms with van der Waals surface area (Å²) in [6.45, 7) is 1.02. The fourth-order valence-electron chi connectivity index (χ4n) is 3.59. The third-order valence-corrected chi connectivity index (χ3v) is 5.13. The van der Waals surface area contributed by atoms with Gasteiger partial charge in [-0.15, -0.1) is 10.2 Å². The van der Waals surface area contributed by atoms with E-state index in [0.29, 0.717) is 12.8 Å². The van der Waals surface area contributed by atoms with Gasteiger partial charge in [0.2, 0.25) is 11.8 Å². The molecule has 2 aliphatic rings. The molecule has 3 amide bonds. The quantitative estimate of drug-likeness (QED) is 0.420. The summed E-state index contributed by atoms with van der Waals surface area (Å²) in [5, 5.41) is 33.8. The lowest BCUT2D eigenvalue weighted by atomic mass is 9.67. The third-order valence-electron chi connectivity index (χ3n) is 5.13. The van der Waals surface area contributed by atoms with Gasteiger partial charge in [0.15, 0.2) is 6.04 Å². The molecule has 1 aliphatic carbocycles. The van der Waals surface area contributed by atoms with E-state index in [1.54, 1.807) is 6.92 Å². The molecule has 0 unspecified atom stereocenters. The zero-order chi connectivity index (χ0) is 21.9. The van der Waals surface area contributed by atoms with E-state index in [1.807, 2.05) is 0 Å². The molecule has 0 radical (unpaired) electrons. The van der Waals surface area contributed by atoms with Crippen LogP contribution >= 0.6 is 0 Å². The van der Waals surface area contributed by atoms with Gasteiger partial charge in [0.05, 0.1) is 19.8 Å². The van der Waals surface area contributed by atoms with Crippen molar-refractivity contribution in [3.63, 3.8) is 0 Å². The summed E-state index contributed by atoms with van der Waals surface area (Å²) in [6.07, 6.45) is -0.107. The molecule has 1 aromatic heterocycles. The Balaban J connectivity index is 1.76. The number of hydrogen-bond donors (Lipinski definition) is 4. The maximum absolute atomic E-state index is 12.5. The SMILES string of the molecule is COC(=O)[C@H](CO)NC(=O)NC1(c2nnc([C@H]3NC(=O)O[C@@H]3C)o2)CC(CC#N)C1. The van der Waals surface area contributed by atoms with Crippen molar-refractivity contribution in [2.24, 2.45) is 5.92 Å². The van der Waals surface area contributed by atoms with Gasteiger partial charge in [0.25, 0.3) is 0 Å². The van der Waals surface area contributed by atoms with Crippen molar-refractivity contribution in [2.75, 3.05) is 13.7 Å². The largest absolute Gasteiger partial charge is 0.467 e. The summed E-state index contributed by atoms with van der Waals surface area (Å²) >= 11 is 0. The molecule has 30 heavy (non-hydrogen) atoms. The molecule has 0 spiro atoms. The maximum Gasteiger partial charge on any atom is 0.408 e. The number of nitrogens with one attached hydrogen (secondary N) is 3. The molecule has 2 fully saturated rings. The van der Waals surface area contributed by atoms with Crippen molar-refractivity contribution in [2.45, 2.75) is 49.9 Å². The van der Waals surface area contributed by atoms with Crippen molar-refractivity contribution >= 4 is 18.1 Å². The molecular formula is C17H22N6O7. The third kappa shape index (κ3) is 4.13. The summed E-state index contributed by atoms with van der Waals surface area (Å²) in [5.41, 5.74) is -1.06. The molecule has 2 heterocycles. The number of amides is 3. The van der Waals surface area contributed by atoms with Crippen molar-refractivity contribution < 1.29 is 33.4 Å². The number of nitriles is 1. The van der Waals surface area contributed by atoms with Crippen LogP contribution in [0.15, 0.2) is 4.42 Å². The van der Waals surface area contributed by atoms with Gasteiger partial charge >= 0.3 is 18.1 Å². The van der Waals surface area contributed by atoms with Crippen LogP contribution in [-0.4, -0.2) is 59.3 Å². The Morgan fingerprint density at radius 1 is 1.47 bits per heavy atom.